The highest BCUT2D eigenvalue weighted by molar-refractivity contribution is 9.10. The molecule has 0 radical (unpaired) electrons. The van der Waals surface area contributed by atoms with Gasteiger partial charge in [0.1, 0.15) is 0 Å². The van der Waals surface area contributed by atoms with Crippen molar-refractivity contribution in [3.8, 4) is 0 Å². The van der Waals surface area contributed by atoms with Crippen molar-refractivity contribution in [1.82, 2.24) is 0 Å². The minimum Gasteiger partial charge on any atom is -0.294 e. The molecule has 1 aromatic rings. The Morgan fingerprint density at radius 1 is 1.33 bits per heavy atom. The Morgan fingerprint density at radius 3 is 2.67 bits per heavy atom. The first kappa shape index (κ1) is 10.9. The van der Waals surface area contributed by atoms with Crippen LogP contribution in [0.15, 0.2) is 22.7 Å². The van der Waals surface area contributed by atoms with E-state index >= 15 is 0 Å². The van der Waals surface area contributed by atoms with Gasteiger partial charge in [-0.05, 0) is 41.3 Å². The van der Waals surface area contributed by atoms with Crippen LogP contribution in [-0.2, 0) is 0 Å². The zero-order valence-electron chi connectivity index (χ0n) is 8.92. The highest BCUT2D eigenvalue weighted by atomic mass is 79.9. The van der Waals surface area contributed by atoms with E-state index in [0.29, 0.717) is 5.78 Å². The predicted octanol–water partition coefficient (Wildman–Crippen LogP) is 4.13. The largest absolute Gasteiger partial charge is 0.294 e. The lowest BCUT2D eigenvalue weighted by Gasteiger charge is -2.10. The third-order valence-corrected chi connectivity index (χ3v) is 4.24. The third kappa shape index (κ3) is 2.15. The molecule has 1 aliphatic carbocycles. The topological polar surface area (TPSA) is 17.1 Å². The normalized spacial score (nSPS) is 16.9. The molecule has 1 aromatic carbocycles. The average molecular weight is 267 g/mol. The van der Waals surface area contributed by atoms with Crippen LogP contribution in [0.5, 0.6) is 0 Å². The maximum atomic E-state index is 12.2. The van der Waals surface area contributed by atoms with Gasteiger partial charge in [-0.25, -0.2) is 0 Å². The van der Waals surface area contributed by atoms with Crippen LogP contribution in [0.2, 0.25) is 0 Å². The molecule has 0 heterocycles. The maximum absolute atomic E-state index is 12.2. The van der Waals surface area contributed by atoms with E-state index < -0.39 is 0 Å². The second-order valence-corrected chi connectivity index (χ2v) is 5.08. The van der Waals surface area contributed by atoms with Crippen LogP contribution < -0.4 is 0 Å². The minimum atomic E-state index is 0.267. The van der Waals surface area contributed by atoms with E-state index in [9.17, 15) is 4.79 Å². The van der Waals surface area contributed by atoms with Crippen molar-refractivity contribution < 1.29 is 4.79 Å². The van der Waals surface area contributed by atoms with Gasteiger partial charge in [0.2, 0.25) is 0 Å². The van der Waals surface area contributed by atoms with Crippen molar-refractivity contribution in [2.24, 2.45) is 5.92 Å². The number of carbonyl (C=O) groups excluding carboxylic acids is 1. The van der Waals surface area contributed by atoms with E-state index in [-0.39, 0.29) is 5.92 Å². The van der Waals surface area contributed by atoms with Crippen LogP contribution in [0.4, 0.5) is 0 Å². The fourth-order valence-corrected chi connectivity index (χ4v) is 2.71. The molecule has 0 atom stereocenters. The summed E-state index contributed by atoms with van der Waals surface area (Å²) in [5.74, 6) is 0.589. The van der Waals surface area contributed by atoms with Gasteiger partial charge < -0.3 is 0 Å². The number of rotatable bonds is 2. The number of Topliss-reactive ketones (excluding diaryl/α,β-unsaturated/α-hetero) is 1. The zero-order valence-corrected chi connectivity index (χ0v) is 10.5. The molecule has 15 heavy (non-hydrogen) atoms. The van der Waals surface area contributed by atoms with Crippen LogP contribution in [0, 0.1) is 12.8 Å². The van der Waals surface area contributed by atoms with Crippen LogP contribution in [0.3, 0.4) is 0 Å². The fraction of sp³-hybridized carbons (Fsp3) is 0.462. The molecule has 0 spiro atoms. The quantitative estimate of drug-likeness (QED) is 0.736. The van der Waals surface area contributed by atoms with Crippen LogP contribution >= 0.6 is 15.9 Å². The Morgan fingerprint density at radius 2 is 2.00 bits per heavy atom. The second-order valence-electron chi connectivity index (χ2n) is 4.28. The first-order valence-electron chi connectivity index (χ1n) is 5.49. The molecule has 80 valence electrons. The molecule has 2 rings (SSSR count). The molecule has 0 amide bonds. The van der Waals surface area contributed by atoms with Crippen molar-refractivity contribution in [1.29, 1.82) is 0 Å². The van der Waals surface area contributed by atoms with E-state index in [2.05, 4.69) is 15.9 Å². The number of ketones is 1. The summed E-state index contributed by atoms with van der Waals surface area (Å²) in [7, 11) is 0. The Bertz CT molecular complexity index is 378. The highest BCUT2D eigenvalue weighted by Crippen LogP contribution is 2.31. The van der Waals surface area contributed by atoms with Gasteiger partial charge >= 0.3 is 0 Å². The summed E-state index contributed by atoms with van der Waals surface area (Å²) >= 11 is 3.51. The van der Waals surface area contributed by atoms with Gasteiger partial charge in [-0.15, -0.1) is 0 Å². The second kappa shape index (κ2) is 4.48. The van der Waals surface area contributed by atoms with Crippen LogP contribution in [-0.4, -0.2) is 5.78 Å². The predicted molar refractivity (Wildman–Crippen MR) is 65.2 cm³/mol. The monoisotopic (exact) mass is 266 g/mol. The van der Waals surface area contributed by atoms with E-state index in [4.69, 9.17) is 0 Å². The molecule has 1 nitrogen and oxygen atoms in total. The summed E-state index contributed by atoms with van der Waals surface area (Å²) in [4.78, 5) is 12.2. The van der Waals surface area contributed by atoms with Gasteiger partial charge in [0.05, 0.1) is 0 Å². The molecule has 0 bridgehead atoms. The fourth-order valence-electron chi connectivity index (χ4n) is 2.25. The third-order valence-electron chi connectivity index (χ3n) is 3.18. The van der Waals surface area contributed by atoms with E-state index in [1.54, 1.807) is 0 Å². The number of aryl methyl sites for hydroxylation is 1. The zero-order chi connectivity index (χ0) is 10.8. The van der Waals surface area contributed by atoms with E-state index in [1.807, 2.05) is 25.1 Å². The van der Waals surface area contributed by atoms with Crippen molar-refractivity contribution in [3.05, 3.63) is 33.8 Å². The number of hydrogen-bond donors (Lipinski definition) is 0. The van der Waals surface area contributed by atoms with Gasteiger partial charge in [0, 0.05) is 16.0 Å². The van der Waals surface area contributed by atoms with Gasteiger partial charge in [-0.2, -0.15) is 0 Å². The van der Waals surface area contributed by atoms with Gasteiger partial charge in [-0.1, -0.05) is 31.0 Å². The summed E-state index contributed by atoms with van der Waals surface area (Å²) in [6.07, 6.45) is 4.55. The number of hydrogen-bond acceptors (Lipinski definition) is 1. The lowest BCUT2D eigenvalue weighted by Crippen LogP contribution is -2.11. The molecule has 0 aliphatic heterocycles. The maximum Gasteiger partial charge on any atom is 0.167 e. The molecule has 0 aromatic heterocycles. The van der Waals surface area contributed by atoms with E-state index in [0.717, 1.165) is 28.4 Å². The SMILES string of the molecule is Cc1cccc(C(=O)C2CCCC2)c1Br. The molecule has 0 N–H and O–H groups in total. The van der Waals surface area contributed by atoms with Gasteiger partial charge in [0.25, 0.3) is 0 Å². The first-order valence-corrected chi connectivity index (χ1v) is 6.29. The standard InChI is InChI=1S/C13H15BrO/c1-9-5-4-8-11(12(9)14)13(15)10-6-2-3-7-10/h4-5,8,10H,2-3,6-7H2,1H3. The van der Waals surface area contributed by atoms with Crippen molar-refractivity contribution in [3.63, 3.8) is 0 Å². The molecule has 1 aliphatic rings. The summed E-state index contributed by atoms with van der Waals surface area (Å²) in [6.45, 7) is 2.02. The molecular weight excluding hydrogens is 252 g/mol. The molecule has 1 saturated carbocycles. The first-order chi connectivity index (χ1) is 7.20. The Hall–Kier alpha value is -0.630. The van der Waals surface area contributed by atoms with E-state index in [1.165, 1.54) is 12.8 Å². The molecular formula is C13H15BrO. The van der Waals surface area contributed by atoms with Gasteiger partial charge in [0.15, 0.2) is 5.78 Å². The van der Waals surface area contributed by atoms with Crippen molar-refractivity contribution in [2.75, 3.05) is 0 Å². The minimum absolute atomic E-state index is 0.267. The summed E-state index contributed by atoms with van der Waals surface area (Å²) < 4.78 is 0.974. The lowest BCUT2D eigenvalue weighted by molar-refractivity contribution is 0.0922. The average Bonchev–Trinajstić information content (AvgIpc) is 2.74. The van der Waals surface area contributed by atoms with Crippen molar-refractivity contribution in [2.45, 2.75) is 32.6 Å². The van der Waals surface area contributed by atoms with Gasteiger partial charge in [-0.3, -0.25) is 4.79 Å². The highest BCUT2D eigenvalue weighted by Gasteiger charge is 2.25. The number of benzene rings is 1. The Balaban J connectivity index is 2.28. The number of carbonyl (C=O) groups is 1. The Labute approximate surface area is 99.0 Å². The smallest absolute Gasteiger partial charge is 0.167 e. The molecule has 1 fully saturated rings. The molecule has 0 saturated heterocycles. The Kier molecular flexibility index (Phi) is 3.25. The summed E-state index contributed by atoms with van der Waals surface area (Å²) in [5.41, 5.74) is 2.00. The number of halogens is 1. The lowest BCUT2D eigenvalue weighted by atomic mass is 9.95. The molecule has 0 unspecified atom stereocenters. The van der Waals surface area contributed by atoms with Crippen molar-refractivity contribution >= 4 is 21.7 Å². The summed E-state index contributed by atoms with van der Waals surface area (Å²) in [6, 6.07) is 5.91. The summed E-state index contributed by atoms with van der Waals surface area (Å²) in [5, 5.41) is 0. The van der Waals surface area contributed by atoms with Crippen LogP contribution in [0.25, 0.3) is 0 Å². The van der Waals surface area contributed by atoms with Crippen LogP contribution in [0.1, 0.15) is 41.6 Å². The molecule has 2 heteroatoms.